The normalized spacial score (nSPS) is 10.4. The molecule has 2 aromatic rings. The molecule has 16 heavy (non-hydrogen) atoms. The van der Waals surface area contributed by atoms with Crippen LogP contribution in [0.1, 0.15) is 13.8 Å². The molecule has 0 aliphatic heterocycles. The van der Waals surface area contributed by atoms with Gasteiger partial charge in [-0.1, -0.05) is 6.07 Å². The molecule has 2 rings (SSSR count). The molecule has 0 bridgehead atoms. The predicted octanol–water partition coefficient (Wildman–Crippen LogP) is 3.44. The minimum atomic E-state index is 0.656. The summed E-state index contributed by atoms with van der Waals surface area (Å²) in [5.41, 5.74) is 0. The molecule has 0 saturated heterocycles. The van der Waals surface area contributed by atoms with Crippen LogP contribution in [0, 0.1) is 6.07 Å². The Hall–Kier alpha value is -1.70. The molecule has 2 nitrogen and oxygen atoms in total. The van der Waals surface area contributed by atoms with Crippen LogP contribution in [0.5, 0.6) is 11.5 Å². The number of ether oxygens (including phenoxy) is 2. The van der Waals surface area contributed by atoms with Crippen molar-refractivity contribution < 1.29 is 9.47 Å². The van der Waals surface area contributed by atoms with Gasteiger partial charge in [0.1, 0.15) is 11.5 Å². The van der Waals surface area contributed by atoms with E-state index in [-0.39, 0.29) is 0 Å². The first-order chi connectivity index (χ1) is 7.85. The predicted molar refractivity (Wildman–Crippen MR) is 65.1 cm³/mol. The molecule has 0 amide bonds. The molecule has 0 aromatic heterocycles. The lowest BCUT2D eigenvalue weighted by molar-refractivity contribution is 0.340. The van der Waals surface area contributed by atoms with Gasteiger partial charge in [-0.3, -0.25) is 0 Å². The maximum Gasteiger partial charge on any atom is 0.135 e. The molecule has 0 aliphatic carbocycles. The second-order valence-corrected chi connectivity index (χ2v) is 3.42. The molecule has 0 saturated carbocycles. The monoisotopic (exact) mass is 215 g/mol. The van der Waals surface area contributed by atoms with Gasteiger partial charge in [0.15, 0.2) is 0 Å². The fourth-order valence-electron chi connectivity index (χ4n) is 1.69. The summed E-state index contributed by atoms with van der Waals surface area (Å²) in [6, 6.07) is 13.0. The van der Waals surface area contributed by atoms with Crippen LogP contribution in [-0.4, -0.2) is 13.2 Å². The topological polar surface area (TPSA) is 18.5 Å². The third-order valence-electron chi connectivity index (χ3n) is 2.34. The lowest BCUT2D eigenvalue weighted by Gasteiger charge is -2.08. The highest BCUT2D eigenvalue weighted by Gasteiger charge is 2.02. The first-order valence-corrected chi connectivity index (χ1v) is 5.55. The van der Waals surface area contributed by atoms with Crippen LogP contribution in [0.4, 0.5) is 0 Å². The molecule has 2 aromatic carbocycles. The summed E-state index contributed by atoms with van der Waals surface area (Å²) in [6.07, 6.45) is 0. The van der Waals surface area contributed by atoms with Gasteiger partial charge in [0.25, 0.3) is 0 Å². The van der Waals surface area contributed by atoms with E-state index in [2.05, 4.69) is 6.07 Å². The van der Waals surface area contributed by atoms with E-state index in [0.717, 1.165) is 22.3 Å². The summed E-state index contributed by atoms with van der Waals surface area (Å²) >= 11 is 0. The smallest absolute Gasteiger partial charge is 0.135 e. The van der Waals surface area contributed by atoms with Crippen LogP contribution < -0.4 is 9.47 Å². The van der Waals surface area contributed by atoms with Crippen molar-refractivity contribution in [3.63, 3.8) is 0 Å². The number of hydrogen-bond donors (Lipinski definition) is 0. The lowest BCUT2D eigenvalue weighted by atomic mass is 10.1. The molecular formula is C14H15O2. The molecular weight excluding hydrogens is 200 g/mol. The van der Waals surface area contributed by atoms with Crippen molar-refractivity contribution in [3.05, 3.63) is 36.4 Å². The van der Waals surface area contributed by atoms with E-state index in [9.17, 15) is 0 Å². The van der Waals surface area contributed by atoms with Crippen LogP contribution in [0.15, 0.2) is 30.3 Å². The second kappa shape index (κ2) is 4.88. The highest BCUT2D eigenvalue weighted by molar-refractivity contribution is 5.89. The van der Waals surface area contributed by atoms with Gasteiger partial charge in [-0.05, 0) is 43.5 Å². The summed E-state index contributed by atoms with van der Waals surface area (Å²) in [5, 5.41) is 2.20. The minimum Gasteiger partial charge on any atom is -0.494 e. The Balaban J connectivity index is 2.46. The zero-order valence-electron chi connectivity index (χ0n) is 9.62. The van der Waals surface area contributed by atoms with Crippen LogP contribution in [0.3, 0.4) is 0 Å². The van der Waals surface area contributed by atoms with Crippen molar-refractivity contribution in [2.24, 2.45) is 0 Å². The van der Waals surface area contributed by atoms with Crippen molar-refractivity contribution >= 4 is 10.8 Å². The third kappa shape index (κ3) is 2.11. The van der Waals surface area contributed by atoms with E-state index in [1.165, 1.54) is 0 Å². The van der Waals surface area contributed by atoms with Crippen molar-refractivity contribution in [1.29, 1.82) is 0 Å². The summed E-state index contributed by atoms with van der Waals surface area (Å²) in [4.78, 5) is 0. The Labute approximate surface area is 95.8 Å². The fourth-order valence-corrected chi connectivity index (χ4v) is 1.69. The molecule has 0 spiro atoms. The molecule has 1 radical (unpaired) electrons. The molecule has 0 unspecified atom stereocenters. The highest BCUT2D eigenvalue weighted by atomic mass is 16.5. The van der Waals surface area contributed by atoms with Gasteiger partial charge in [-0.2, -0.15) is 0 Å². The van der Waals surface area contributed by atoms with Crippen LogP contribution in [-0.2, 0) is 0 Å². The minimum absolute atomic E-state index is 0.656. The zero-order chi connectivity index (χ0) is 11.4. The van der Waals surface area contributed by atoms with Gasteiger partial charge < -0.3 is 9.47 Å². The summed E-state index contributed by atoms with van der Waals surface area (Å²) < 4.78 is 11.0. The van der Waals surface area contributed by atoms with Crippen molar-refractivity contribution in [2.75, 3.05) is 13.2 Å². The van der Waals surface area contributed by atoms with Crippen molar-refractivity contribution in [3.8, 4) is 11.5 Å². The van der Waals surface area contributed by atoms with Crippen molar-refractivity contribution in [2.45, 2.75) is 13.8 Å². The Morgan fingerprint density at radius 2 is 1.88 bits per heavy atom. The van der Waals surface area contributed by atoms with E-state index in [1.54, 1.807) is 0 Å². The van der Waals surface area contributed by atoms with Gasteiger partial charge in [0.2, 0.25) is 0 Å². The Bertz CT molecular complexity index is 477. The first kappa shape index (κ1) is 10.8. The lowest BCUT2D eigenvalue weighted by Crippen LogP contribution is -1.94. The van der Waals surface area contributed by atoms with Gasteiger partial charge in [-0.15, -0.1) is 0 Å². The molecule has 2 heteroatoms. The SMILES string of the molecule is CCOc1ccc2c(OCC)[c]ccc2c1. The molecule has 0 fully saturated rings. The van der Waals surface area contributed by atoms with Crippen molar-refractivity contribution in [1.82, 2.24) is 0 Å². The largest absolute Gasteiger partial charge is 0.494 e. The molecule has 0 atom stereocenters. The highest BCUT2D eigenvalue weighted by Crippen LogP contribution is 2.28. The first-order valence-electron chi connectivity index (χ1n) is 5.55. The Kier molecular flexibility index (Phi) is 3.30. The maximum atomic E-state index is 5.52. The number of benzene rings is 2. The Morgan fingerprint density at radius 1 is 1.06 bits per heavy atom. The van der Waals surface area contributed by atoms with Crippen LogP contribution in [0.25, 0.3) is 10.8 Å². The van der Waals surface area contributed by atoms with E-state index in [0.29, 0.717) is 13.2 Å². The maximum absolute atomic E-state index is 5.52. The van der Waals surface area contributed by atoms with Gasteiger partial charge in [0.05, 0.1) is 13.2 Å². The number of hydrogen-bond acceptors (Lipinski definition) is 2. The molecule has 0 aliphatic rings. The van der Waals surface area contributed by atoms with Crippen LogP contribution >= 0.6 is 0 Å². The standard InChI is InChI=1S/C14H15O2/c1-3-15-12-8-9-13-11(10-12)6-5-7-14(13)16-4-2/h5-6,8-10H,3-4H2,1-2H3. The molecule has 0 heterocycles. The average molecular weight is 215 g/mol. The quantitative estimate of drug-likeness (QED) is 0.777. The summed E-state index contributed by atoms with van der Waals surface area (Å²) in [7, 11) is 0. The van der Waals surface area contributed by atoms with E-state index < -0.39 is 0 Å². The van der Waals surface area contributed by atoms with Gasteiger partial charge >= 0.3 is 0 Å². The van der Waals surface area contributed by atoms with Crippen LogP contribution in [0.2, 0.25) is 0 Å². The summed E-state index contributed by atoms with van der Waals surface area (Å²) in [5.74, 6) is 1.70. The van der Waals surface area contributed by atoms with E-state index >= 15 is 0 Å². The van der Waals surface area contributed by atoms with Gasteiger partial charge in [0, 0.05) is 11.5 Å². The third-order valence-corrected chi connectivity index (χ3v) is 2.34. The second-order valence-electron chi connectivity index (χ2n) is 3.42. The van der Waals surface area contributed by atoms with E-state index in [1.807, 2.05) is 44.2 Å². The average Bonchev–Trinajstić information content (AvgIpc) is 2.30. The Morgan fingerprint density at radius 3 is 2.62 bits per heavy atom. The molecule has 83 valence electrons. The molecule has 0 N–H and O–H groups in total. The number of rotatable bonds is 4. The number of fused-ring (bicyclic) bond motifs is 1. The summed E-state index contributed by atoms with van der Waals surface area (Å²) in [6.45, 7) is 5.29. The van der Waals surface area contributed by atoms with Gasteiger partial charge in [-0.25, -0.2) is 0 Å². The fraction of sp³-hybridized carbons (Fsp3) is 0.286. The zero-order valence-corrected chi connectivity index (χ0v) is 9.62. The van der Waals surface area contributed by atoms with E-state index in [4.69, 9.17) is 9.47 Å².